The molecular weight excluding hydrogens is 266 g/mol. The second-order valence-corrected chi connectivity index (χ2v) is 5.88. The smallest absolute Gasteiger partial charge is 0.308 e. The van der Waals surface area contributed by atoms with E-state index in [1.165, 1.54) is 11.1 Å². The molecule has 1 saturated heterocycles. The van der Waals surface area contributed by atoms with E-state index in [4.69, 9.17) is 5.11 Å². The average molecular weight is 289 g/mol. The summed E-state index contributed by atoms with van der Waals surface area (Å²) in [6.07, 6.45) is 1.94. The summed E-state index contributed by atoms with van der Waals surface area (Å²) < 4.78 is 0. The highest BCUT2D eigenvalue weighted by Gasteiger charge is 2.31. The molecule has 4 nitrogen and oxygen atoms in total. The minimum absolute atomic E-state index is 0.0752. The Kier molecular flexibility index (Phi) is 4.99. The second kappa shape index (κ2) is 6.74. The number of aryl methyl sites for hydroxylation is 1. The maximum absolute atomic E-state index is 12.4. The summed E-state index contributed by atoms with van der Waals surface area (Å²) in [6, 6.07) is 8.30. The van der Waals surface area contributed by atoms with Gasteiger partial charge in [-0.2, -0.15) is 0 Å². The van der Waals surface area contributed by atoms with Gasteiger partial charge in [-0.15, -0.1) is 0 Å². The van der Waals surface area contributed by atoms with Crippen molar-refractivity contribution in [2.75, 3.05) is 13.1 Å². The Morgan fingerprint density at radius 3 is 2.52 bits per heavy atom. The molecule has 1 aromatic rings. The van der Waals surface area contributed by atoms with Crippen molar-refractivity contribution in [2.45, 2.75) is 39.0 Å². The lowest BCUT2D eigenvalue weighted by Crippen LogP contribution is -2.30. The van der Waals surface area contributed by atoms with Crippen molar-refractivity contribution < 1.29 is 14.7 Å². The van der Waals surface area contributed by atoms with Gasteiger partial charge in [-0.1, -0.05) is 36.8 Å². The van der Waals surface area contributed by atoms with Crippen molar-refractivity contribution in [3.05, 3.63) is 35.4 Å². The molecule has 1 fully saturated rings. The molecule has 0 aromatic heterocycles. The highest BCUT2D eigenvalue weighted by atomic mass is 16.4. The Bertz CT molecular complexity index is 509. The van der Waals surface area contributed by atoms with Gasteiger partial charge in [0.25, 0.3) is 0 Å². The molecule has 1 aliphatic heterocycles. The molecule has 2 unspecified atom stereocenters. The van der Waals surface area contributed by atoms with Crippen LogP contribution in [0.4, 0.5) is 0 Å². The van der Waals surface area contributed by atoms with Gasteiger partial charge in [-0.3, -0.25) is 9.59 Å². The first-order valence-corrected chi connectivity index (χ1v) is 7.58. The van der Waals surface area contributed by atoms with Crippen molar-refractivity contribution in [3.8, 4) is 0 Å². The Morgan fingerprint density at radius 1 is 1.33 bits per heavy atom. The summed E-state index contributed by atoms with van der Waals surface area (Å²) in [4.78, 5) is 25.0. The van der Waals surface area contributed by atoms with Crippen LogP contribution in [0.5, 0.6) is 0 Å². The minimum atomic E-state index is -0.795. The van der Waals surface area contributed by atoms with E-state index in [1.807, 2.05) is 6.92 Å². The Labute approximate surface area is 125 Å². The summed E-state index contributed by atoms with van der Waals surface area (Å²) in [6.45, 7) is 5.06. The highest BCUT2D eigenvalue weighted by Crippen LogP contribution is 2.26. The molecule has 4 heteroatoms. The fourth-order valence-corrected chi connectivity index (χ4v) is 2.86. The fraction of sp³-hybridized carbons (Fsp3) is 0.529. The monoisotopic (exact) mass is 289 g/mol. The maximum Gasteiger partial charge on any atom is 0.308 e. The normalized spacial score (nSPS) is 19.5. The fourth-order valence-electron chi connectivity index (χ4n) is 2.86. The van der Waals surface area contributed by atoms with Gasteiger partial charge < -0.3 is 10.0 Å². The van der Waals surface area contributed by atoms with E-state index < -0.39 is 11.9 Å². The van der Waals surface area contributed by atoms with E-state index in [0.29, 0.717) is 25.9 Å². The zero-order valence-electron chi connectivity index (χ0n) is 12.7. The average Bonchev–Trinajstić information content (AvgIpc) is 2.96. The standard InChI is InChI=1S/C17H23NO3/c1-3-13(14-6-4-12(2)5-7-14)10-16(19)18-9-8-15(11-18)17(20)21/h4-7,13,15H,3,8-11H2,1-2H3,(H,20,21). The molecule has 0 bridgehead atoms. The van der Waals surface area contributed by atoms with Crippen LogP contribution < -0.4 is 0 Å². The minimum Gasteiger partial charge on any atom is -0.481 e. The van der Waals surface area contributed by atoms with Crippen LogP contribution in [0.2, 0.25) is 0 Å². The molecule has 1 aromatic carbocycles. The Balaban J connectivity index is 1.97. The molecule has 0 spiro atoms. The first-order valence-electron chi connectivity index (χ1n) is 7.58. The van der Waals surface area contributed by atoms with Gasteiger partial charge in [0.15, 0.2) is 0 Å². The second-order valence-electron chi connectivity index (χ2n) is 5.88. The number of rotatable bonds is 5. The van der Waals surface area contributed by atoms with Crippen LogP contribution in [0.1, 0.15) is 43.2 Å². The molecule has 1 N–H and O–H groups in total. The number of nitrogens with zero attached hydrogens (tertiary/aromatic N) is 1. The van der Waals surface area contributed by atoms with Gasteiger partial charge in [0.05, 0.1) is 5.92 Å². The molecule has 0 aliphatic carbocycles. The van der Waals surface area contributed by atoms with Gasteiger partial charge in [0.1, 0.15) is 0 Å². The van der Waals surface area contributed by atoms with Gasteiger partial charge >= 0.3 is 5.97 Å². The third kappa shape index (κ3) is 3.84. The van der Waals surface area contributed by atoms with Crippen molar-refractivity contribution in [2.24, 2.45) is 5.92 Å². The first-order chi connectivity index (χ1) is 10.0. The van der Waals surface area contributed by atoms with E-state index >= 15 is 0 Å². The number of carboxylic acid groups (broad SMARTS) is 1. The van der Waals surface area contributed by atoms with E-state index in [1.54, 1.807) is 4.90 Å². The molecule has 1 heterocycles. The number of amides is 1. The van der Waals surface area contributed by atoms with Crippen molar-refractivity contribution in [3.63, 3.8) is 0 Å². The Morgan fingerprint density at radius 2 is 2.00 bits per heavy atom. The lowest BCUT2D eigenvalue weighted by atomic mass is 9.92. The number of hydrogen-bond donors (Lipinski definition) is 1. The molecule has 0 saturated carbocycles. The third-order valence-corrected chi connectivity index (χ3v) is 4.35. The van der Waals surface area contributed by atoms with Crippen molar-refractivity contribution in [1.29, 1.82) is 0 Å². The van der Waals surface area contributed by atoms with Gasteiger partial charge in [0.2, 0.25) is 5.91 Å². The van der Waals surface area contributed by atoms with Gasteiger partial charge in [-0.25, -0.2) is 0 Å². The predicted molar refractivity (Wildman–Crippen MR) is 81.2 cm³/mol. The van der Waals surface area contributed by atoms with E-state index in [0.717, 1.165) is 6.42 Å². The summed E-state index contributed by atoms with van der Waals surface area (Å²) in [5, 5.41) is 9.01. The van der Waals surface area contributed by atoms with Gasteiger partial charge in [-0.05, 0) is 31.2 Å². The van der Waals surface area contributed by atoms with Crippen LogP contribution in [0.15, 0.2) is 24.3 Å². The summed E-state index contributed by atoms with van der Waals surface area (Å²) in [7, 11) is 0. The number of likely N-dealkylation sites (tertiary alicyclic amines) is 1. The lowest BCUT2D eigenvalue weighted by molar-refractivity contribution is -0.141. The van der Waals surface area contributed by atoms with E-state index in [-0.39, 0.29) is 11.8 Å². The lowest BCUT2D eigenvalue weighted by Gasteiger charge is -2.20. The zero-order chi connectivity index (χ0) is 15.4. The summed E-state index contributed by atoms with van der Waals surface area (Å²) in [5.74, 6) is -0.905. The SMILES string of the molecule is CCC(CC(=O)N1CCC(C(=O)O)C1)c1ccc(C)cc1. The molecule has 1 aliphatic rings. The molecule has 21 heavy (non-hydrogen) atoms. The van der Waals surface area contributed by atoms with Crippen LogP contribution in [-0.2, 0) is 9.59 Å². The van der Waals surface area contributed by atoms with E-state index in [2.05, 4.69) is 31.2 Å². The quantitative estimate of drug-likeness (QED) is 0.906. The van der Waals surface area contributed by atoms with Crippen LogP contribution >= 0.6 is 0 Å². The van der Waals surface area contributed by atoms with Crippen LogP contribution in [0.25, 0.3) is 0 Å². The van der Waals surface area contributed by atoms with Crippen LogP contribution in [0, 0.1) is 12.8 Å². The first kappa shape index (κ1) is 15.5. The number of carbonyl (C=O) groups excluding carboxylic acids is 1. The predicted octanol–water partition coefficient (Wildman–Crippen LogP) is 2.81. The molecule has 114 valence electrons. The summed E-state index contributed by atoms with van der Waals surface area (Å²) in [5.41, 5.74) is 2.40. The topological polar surface area (TPSA) is 57.6 Å². The Hall–Kier alpha value is -1.84. The number of benzene rings is 1. The summed E-state index contributed by atoms with van der Waals surface area (Å²) >= 11 is 0. The molecule has 2 rings (SSSR count). The molecular formula is C17H23NO3. The van der Waals surface area contributed by atoms with Crippen molar-refractivity contribution in [1.82, 2.24) is 4.90 Å². The van der Waals surface area contributed by atoms with Gasteiger partial charge in [0, 0.05) is 19.5 Å². The molecule has 2 atom stereocenters. The highest BCUT2D eigenvalue weighted by molar-refractivity contribution is 5.79. The third-order valence-electron chi connectivity index (χ3n) is 4.35. The number of hydrogen-bond acceptors (Lipinski definition) is 2. The molecule has 1 amide bonds. The largest absolute Gasteiger partial charge is 0.481 e. The van der Waals surface area contributed by atoms with Crippen LogP contribution in [0.3, 0.4) is 0 Å². The van der Waals surface area contributed by atoms with Crippen LogP contribution in [-0.4, -0.2) is 35.0 Å². The zero-order valence-corrected chi connectivity index (χ0v) is 12.7. The van der Waals surface area contributed by atoms with E-state index in [9.17, 15) is 9.59 Å². The maximum atomic E-state index is 12.4. The molecule has 0 radical (unpaired) electrons. The number of carboxylic acids is 1. The number of aliphatic carboxylic acids is 1. The number of carbonyl (C=O) groups is 2. The van der Waals surface area contributed by atoms with Crippen molar-refractivity contribution >= 4 is 11.9 Å².